The molecule has 2 fully saturated rings. The van der Waals surface area contributed by atoms with E-state index in [9.17, 15) is 9.59 Å². The molecule has 0 atom stereocenters. The molecule has 178 valence electrons. The number of hydrogen-bond donors (Lipinski definition) is 0. The van der Waals surface area contributed by atoms with E-state index in [0.717, 1.165) is 123 Å². The van der Waals surface area contributed by atoms with Gasteiger partial charge in [-0.1, -0.05) is 12.8 Å². The van der Waals surface area contributed by atoms with Crippen LogP contribution in [-0.2, 0) is 28.5 Å². The van der Waals surface area contributed by atoms with Gasteiger partial charge < -0.3 is 18.9 Å². The summed E-state index contributed by atoms with van der Waals surface area (Å²) in [4.78, 5) is 28.1. The normalized spacial score (nSPS) is 18.3. The highest BCUT2D eigenvalue weighted by atomic mass is 16.5. The van der Waals surface area contributed by atoms with Crippen LogP contribution in [0.1, 0.15) is 44.9 Å². The Morgan fingerprint density at radius 1 is 0.613 bits per heavy atom. The molecule has 31 heavy (non-hydrogen) atoms. The van der Waals surface area contributed by atoms with Gasteiger partial charge in [0.15, 0.2) is 0 Å². The summed E-state index contributed by atoms with van der Waals surface area (Å²) >= 11 is 0. The molecule has 0 unspecified atom stereocenters. The summed E-state index contributed by atoms with van der Waals surface area (Å²) in [6.45, 7) is 10.3. The fraction of sp³-hybridized carbons (Fsp3) is 0.826. The number of hydrogen-bond acceptors (Lipinski definition) is 8. The van der Waals surface area contributed by atoms with Gasteiger partial charge in [0.1, 0.15) is 0 Å². The molecule has 2 aliphatic rings. The van der Waals surface area contributed by atoms with Gasteiger partial charge >= 0.3 is 11.9 Å². The van der Waals surface area contributed by atoms with Crippen LogP contribution in [0.15, 0.2) is 12.2 Å². The minimum Gasteiger partial charge on any atom is -0.463 e. The number of esters is 2. The lowest BCUT2D eigenvalue weighted by Gasteiger charge is -2.26. The zero-order valence-electron chi connectivity index (χ0n) is 18.9. The van der Waals surface area contributed by atoms with Crippen molar-refractivity contribution in [2.45, 2.75) is 44.9 Å². The Morgan fingerprint density at radius 3 is 1.45 bits per heavy atom. The number of ether oxygens (including phenoxy) is 4. The van der Waals surface area contributed by atoms with Crippen LogP contribution in [0.3, 0.4) is 0 Å². The second kappa shape index (κ2) is 17.1. The van der Waals surface area contributed by atoms with Crippen molar-refractivity contribution in [2.75, 3.05) is 78.9 Å². The molecule has 0 radical (unpaired) electrons. The van der Waals surface area contributed by atoms with Gasteiger partial charge in [0.25, 0.3) is 0 Å². The van der Waals surface area contributed by atoms with Crippen LogP contribution in [-0.4, -0.2) is 101 Å². The minimum atomic E-state index is -0.492. The van der Waals surface area contributed by atoms with Gasteiger partial charge in [0.05, 0.1) is 39.6 Å². The number of rotatable bonds is 15. The van der Waals surface area contributed by atoms with E-state index in [0.29, 0.717) is 13.2 Å². The summed E-state index contributed by atoms with van der Waals surface area (Å²) in [5, 5.41) is 0. The first-order valence-corrected chi connectivity index (χ1v) is 11.9. The number of unbranched alkanes of at least 4 members (excludes halogenated alkanes) is 5. The number of carbonyl (C=O) groups is 2. The molecule has 0 aromatic carbocycles. The molecule has 0 aliphatic carbocycles. The number of nitrogens with zero attached hydrogens (tertiary/aromatic N) is 2. The molecule has 0 aromatic rings. The van der Waals surface area contributed by atoms with Crippen LogP contribution >= 0.6 is 0 Å². The molecule has 8 nitrogen and oxygen atoms in total. The van der Waals surface area contributed by atoms with Crippen molar-refractivity contribution < 1.29 is 28.5 Å². The predicted molar refractivity (Wildman–Crippen MR) is 118 cm³/mol. The SMILES string of the molecule is O=C(/C=C/C(=O)OCCCCCN1CCOCC1)OCCCCCCN1CCOCC1. The van der Waals surface area contributed by atoms with E-state index in [1.54, 1.807) is 0 Å². The third-order valence-corrected chi connectivity index (χ3v) is 5.54. The van der Waals surface area contributed by atoms with Gasteiger partial charge in [-0.3, -0.25) is 9.80 Å². The third-order valence-electron chi connectivity index (χ3n) is 5.54. The molecule has 2 rings (SSSR count). The van der Waals surface area contributed by atoms with Gasteiger partial charge in [-0.2, -0.15) is 0 Å². The number of carbonyl (C=O) groups excluding carboxylic acids is 2. The van der Waals surface area contributed by atoms with Crippen molar-refractivity contribution in [3.63, 3.8) is 0 Å². The van der Waals surface area contributed by atoms with E-state index in [1.165, 1.54) is 0 Å². The van der Waals surface area contributed by atoms with Gasteiger partial charge in [0.2, 0.25) is 0 Å². The Bertz CT molecular complexity index is 516. The summed E-state index contributed by atoms with van der Waals surface area (Å²) in [5.41, 5.74) is 0. The van der Waals surface area contributed by atoms with Gasteiger partial charge in [-0.25, -0.2) is 9.59 Å². The van der Waals surface area contributed by atoms with Gasteiger partial charge in [0, 0.05) is 38.3 Å². The Balaban J connectivity index is 1.35. The Morgan fingerprint density at radius 2 is 1.00 bits per heavy atom. The Hall–Kier alpha value is -1.48. The lowest BCUT2D eigenvalue weighted by atomic mass is 10.2. The van der Waals surface area contributed by atoms with Crippen molar-refractivity contribution >= 4 is 11.9 Å². The van der Waals surface area contributed by atoms with Gasteiger partial charge in [-0.05, 0) is 45.2 Å². The first-order chi connectivity index (χ1) is 15.2. The maximum Gasteiger partial charge on any atom is 0.331 e. The van der Waals surface area contributed by atoms with E-state index >= 15 is 0 Å². The van der Waals surface area contributed by atoms with E-state index < -0.39 is 11.9 Å². The molecule has 0 amide bonds. The predicted octanol–water partition coefficient (Wildman–Crippen LogP) is 2.02. The Labute approximate surface area is 186 Å². The lowest BCUT2D eigenvalue weighted by Crippen LogP contribution is -2.36. The number of morpholine rings is 2. The molecule has 2 saturated heterocycles. The second-order valence-corrected chi connectivity index (χ2v) is 8.05. The quantitative estimate of drug-likeness (QED) is 0.217. The first kappa shape index (κ1) is 25.8. The summed E-state index contributed by atoms with van der Waals surface area (Å²) in [6.07, 6.45) is 9.41. The fourth-order valence-corrected chi connectivity index (χ4v) is 3.63. The summed E-state index contributed by atoms with van der Waals surface area (Å²) in [5.74, 6) is -0.982. The van der Waals surface area contributed by atoms with Crippen LogP contribution < -0.4 is 0 Å². The van der Waals surface area contributed by atoms with Crippen LogP contribution in [0.2, 0.25) is 0 Å². The van der Waals surface area contributed by atoms with Crippen molar-refractivity contribution in [2.24, 2.45) is 0 Å². The Kier molecular flexibility index (Phi) is 14.2. The highest BCUT2D eigenvalue weighted by Crippen LogP contribution is 2.05. The van der Waals surface area contributed by atoms with E-state index in [-0.39, 0.29) is 0 Å². The van der Waals surface area contributed by atoms with E-state index in [4.69, 9.17) is 18.9 Å². The van der Waals surface area contributed by atoms with Gasteiger partial charge in [-0.15, -0.1) is 0 Å². The molecule has 0 N–H and O–H groups in total. The lowest BCUT2D eigenvalue weighted by molar-refractivity contribution is -0.140. The largest absolute Gasteiger partial charge is 0.463 e. The first-order valence-electron chi connectivity index (χ1n) is 11.9. The van der Waals surface area contributed by atoms with E-state index in [2.05, 4.69) is 9.80 Å². The topological polar surface area (TPSA) is 77.5 Å². The zero-order chi connectivity index (χ0) is 22.0. The van der Waals surface area contributed by atoms with Crippen molar-refractivity contribution in [1.82, 2.24) is 9.80 Å². The molecule has 8 heteroatoms. The molecule has 2 aliphatic heterocycles. The average Bonchev–Trinajstić information content (AvgIpc) is 2.80. The standard InChI is InChI=1S/C23H40N2O6/c26-22(30-16-6-2-1-4-10-24-12-18-28-19-13-24)8-9-23(27)31-17-7-3-5-11-25-14-20-29-21-15-25/h8-9H,1-7,10-21H2/b9-8+. The van der Waals surface area contributed by atoms with Crippen molar-refractivity contribution in [3.8, 4) is 0 Å². The monoisotopic (exact) mass is 440 g/mol. The average molecular weight is 441 g/mol. The molecule has 0 saturated carbocycles. The van der Waals surface area contributed by atoms with Crippen LogP contribution in [0, 0.1) is 0 Å². The third kappa shape index (κ3) is 13.5. The van der Waals surface area contributed by atoms with Crippen molar-refractivity contribution in [1.29, 1.82) is 0 Å². The van der Waals surface area contributed by atoms with E-state index in [1.807, 2.05) is 0 Å². The highest BCUT2D eigenvalue weighted by molar-refractivity contribution is 5.91. The highest BCUT2D eigenvalue weighted by Gasteiger charge is 2.10. The zero-order valence-corrected chi connectivity index (χ0v) is 18.9. The molecule has 0 aromatic heterocycles. The maximum atomic E-state index is 11.7. The maximum absolute atomic E-state index is 11.7. The summed E-state index contributed by atoms with van der Waals surface area (Å²) < 4.78 is 20.9. The second-order valence-electron chi connectivity index (χ2n) is 8.05. The van der Waals surface area contributed by atoms with Crippen LogP contribution in [0.25, 0.3) is 0 Å². The molecule has 0 spiro atoms. The molecule has 2 heterocycles. The summed E-state index contributed by atoms with van der Waals surface area (Å²) in [7, 11) is 0. The molecular formula is C23H40N2O6. The van der Waals surface area contributed by atoms with Crippen molar-refractivity contribution in [3.05, 3.63) is 12.2 Å². The smallest absolute Gasteiger partial charge is 0.331 e. The summed E-state index contributed by atoms with van der Waals surface area (Å²) in [6, 6.07) is 0. The molecular weight excluding hydrogens is 400 g/mol. The minimum absolute atomic E-state index is 0.381. The van der Waals surface area contributed by atoms with Crippen LogP contribution in [0.4, 0.5) is 0 Å². The molecule has 0 bridgehead atoms. The fourth-order valence-electron chi connectivity index (χ4n) is 3.63. The van der Waals surface area contributed by atoms with Crippen LogP contribution in [0.5, 0.6) is 0 Å².